The zero-order valence-electron chi connectivity index (χ0n) is 16.0. The molecule has 2 N–H and O–H groups in total. The first-order valence-electron chi connectivity index (χ1n) is 9.03. The largest absolute Gasteiger partial charge is 0.497 e. The number of nitrogens with one attached hydrogen (secondary N) is 2. The van der Waals surface area contributed by atoms with Gasteiger partial charge in [-0.05, 0) is 38.5 Å². The average Bonchev–Trinajstić information content (AvgIpc) is 2.65. The van der Waals surface area contributed by atoms with E-state index in [0.717, 1.165) is 56.7 Å². The first-order valence-corrected chi connectivity index (χ1v) is 9.03. The third kappa shape index (κ3) is 6.21. The van der Waals surface area contributed by atoms with Gasteiger partial charge in [0.1, 0.15) is 5.75 Å². The molecule has 0 amide bonds. The van der Waals surface area contributed by atoms with Crippen LogP contribution in [0.3, 0.4) is 0 Å². The number of guanidine groups is 1. The van der Waals surface area contributed by atoms with Gasteiger partial charge in [-0.3, -0.25) is 4.90 Å². The molecule has 0 saturated carbocycles. The van der Waals surface area contributed by atoms with Gasteiger partial charge in [-0.25, -0.2) is 4.99 Å². The van der Waals surface area contributed by atoms with Crippen molar-refractivity contribution in [2.24, 2.45) is 4.99 Å². The molecule has 140 valence electrons. The summed E-state index contributed by atoms with van der Waals surface area (Å²) in [5.41, 5.74) is 1.18. The summed E-state index contributed by atoms with van der Waals surface area (Å²) in [5.74, 6) is 1.70. The first kappa shape index (κ1) is 19.5. The van der Waals surface area contributed by atoms with Gasteiger partial charge in [-0.1, -0.05) is 12.1 Å². The lowest BCUT2D eigenvalue weighted by Crippen LogP contribution is -2.56. The van der Waals surface area contributed by atoms with E-state index in [0.29, 0.717) is 6.54 Å². The van der Waals surface area contributed by atoms with Crippen molar-refractivity contribution in [3.63, 3.8) is 0 Å². The fourth-order valence-electron chi connectivity index (χ4n) is 2.86. The molecule has 2 rings (SSSR count). The summed E-state index contributed by atoms with van der Waals surface area (Å²) in [6, 6.07) is 8.02. The van der Waals surface area contributed by atoms with E-state index < -0.39 is 0 Å². The summed E-state index contributed by atoms with van der Waals surface area (Å²) in [5, 5.41) is 6.80. The smallest absolute Gasteiger partial charge is 0.191 e. The minimum absolute atomic E-state index is 0.0515. The normalized spacial score (nSPS) is 16.6. The van der Waals surface area contributed by atoms with Crippen LogP contribution in [-0.2, 0) is 11.3 Å². The van der Waals surface area contributed by atoms with Crippen LogP contribution in [0.1, 0.15) is 26.3 Å². The maximum Gasteiger partial charge on any atom is 0.191 e. The Morgan fingerprint density at radius 3 is 2.72 bits per heavy atom. The highest BCUT2D eigenvalue weighted by atomic mass is 16.5. The van der Waals surface area contributed by atoms with Crippen LogP contribution in [0.5, 0.6) is 5.75 Å². The highest BCUT2D eigenvalue weighted by Gasteiger charge is 2.28. The van der Waals surface area contributed by atoms with Gasteiger partial charge in [0.25, 0.3) is 0 Å². The van der Waals surface area contributed by atoms with E-state index in [1.807, 2.05) is 18.2 Å². The van der Waals surface area contributed by atoms with Crippen molar-refractivity contribution in [1.29, 1.82) is 0 Å². The lowest BCUT2D eigenvalue weighted by Gasteiger charge is -2.41. The van der Waals surface area contributed by atoms with E-state index in [4.69, 9.17) is 14.5 Å². The maximum absolute atomic E-state index is 5.46. The number of ether oxygens (including phenoxy) is 2. The van der Waals surface area contributed by atoms with Crippen molar-refractivity contribution >= 4 is 5.96 Å². The third-order valence-corrected chi connectivity index (χ3v) is 4.45. The van der Waals surface area contributed by atoms with Gasteiger partial charge < -0.3 is 20.1 Å². The summed E-state index contributed by atoms with van der Waals surface area (Å²) in [4.78, 5) is 7.17. The fourth-order valence-corrected chi connectivity index (χ4v) is 2.86. The minimum Gasteiger partial charge on any atom is -0.497 e. The van der Waals surface area contributed by atoms with Crippen molar-refractivity contribution < 1.29 is 9.47 Å². The van der Waals surface area contributed by atoms with Crippen LogP contribution in [0.25, 0.3) is 0 Å². The van der Waals surface area contributed by atoms with E-state index >= 15 is 0 Å². The quantitative estimate of drug-likeness (QED) is 0.582. The molecule has 6 heteroatoms. The Kier molecular flexibility index (Phi) is 7.52. The number of rotatable bonds is 7. The van der Waals surface area contributed by atoms with Crippen molar-refractivity contribution in [2.75, 3.05) is 46.5 Å². The molecule has 0 spiro atoms. The lowest BCUT2D eigenvalue weighted by atomic mass is 10.0. The van der Waals surface area contributed by atoms with Gasteiger partial charge in [-0.2, -0.15) is 0 Å². The standard InChI is InChI=1S/C19H32N4O2/c1-5-20-18(21-14-16-7-6-8-17(13-16)24-4)22-15-19(2,3)23-9-11-25-12-10-23/h6-8,13H,5,9-12,14-15H2,1-4H3,(H2,20,21,22). The van der Waals surface area contributed by atoms with Gasteiger partial charge in [-0.15, -0.1) is 0 Å². The second kappa shape index (κ2) is 9.63. The molecule has 0 aromatic heterocycles. The summed E-state index contributed by atoms with van der Waals surface area (Å²) in [6.45, 7) is 12.5. The number of methoxy groups -OCH3 is 1. The second-order valence-electron chi connectivity index (χ2n) is 6.81. The van der Waals surface area contributed by atoms with E-state index in [2.05, 4.69) is 42.4 Å². The van der Waals surface area contributed by atoms with Crippen LogP contribution in [0.2, 0.25) is 0 Å². The predicted molar refractivity (Wildman–Crippen MR) is 102 cm³/mol. The Morgan fingerprint density at radius 2 is 2.04 bits per heavy atom. The van der Waals surface area contributed by atoms with Crippen LogP contribution < -0.4 is 15.4 Å². The predicted octanol–water partition coefficient (Wildman–Crippen LogP) is 1.86. The maximum atomic E-state index is 5.46. The Bertz CT molecular complexity index is 554. The Balaban J connectivity index is 1.94. The molecular weight excluding hydrogens is 316 g/mol. The highest BCUT2D eigenvalue weighted by molar-refractivity contribution is 5.79. The molecule has 0 bridgehead atoms. The Labute approximate surface area is 151 Å². The molecule has 1 heterocycles. The zero-order valence-corrected chi connectivity index (χ0v) is 16.0. The first-order chi connectivity index (χ1) is 12.0. The highest BCUT2D eigenvalue weighted by Crippen LogP contribution is 2.15. The number of hydrogen-bond donors (Lipinski definition) is 2. The topological polar surface area (TPSA) is 58.1 Å². The molecule has 0 radical (unpaired) electrons. The number of nitrogens with zero attached hydrogens (tertiary/aromatic N) is 2. The van der Waals surface area contributed by atoms with Crippen molar-refractivity contribution in [3.8, 4) is 5.75 Å². The molecule has 1 aromatic rings. The molecule has 1 fully saturated rings. The Morgan fingerprint density at radius 1 is 1.28 bits per heavy atom. The molecule has 1 aliphatic heterocycles. The van der Waals surface area contributed by atoms with E-state index in [1.54, 1.807) is 7.11 Å². The summed E-state index contributed by atoms with van der Waals surface area (Å²) >= 11 is 0. The van der Waals surface area contributed by atoms with E-state index in [1.165, 1.54) is 0 Å². The van der Waals surface area contributed by atoms with Crippen molar-refractivity contribution in [1.82, 2.24) is 15.5 Å². The molecule has 25 heavy (non-hydrogen) atoms. The van der Waals surface area contributed by atoms with Gasteiger partial charge in [0.15, 0.2) is 5.96 Å². The molecule has 1 saturated heterocycles. The number of hydrogen-bond acceptors (Lipinski definition) is 4. The van der Waals surface area contributed by atoms with E-state index in [9.17, 15) is 0 Å². The van der Waals surface area contributed by atoms with Crippen LogP contribution in [0.4, 0.5) is 0 Å². The van der Waals surface area contributed by atoms with Gasteiger partial charge in [0.05, 0.1) is 26.9 Å². The SMILES string of the molecule is CCNC(=NCc1cccc(OC)c1)NCC(C)(C)N1CCOCC1. The van der Waals surface area contributed by atoms with Crippen molar-refractivity contribution in [2.45, 2.75) is 32.9 Å². The van der Waals surface area contributed by atoms with Crippen LogP contribution in [0, 0.1) is 0 Å². The molecular formula is C19H32N4O2. The molecule has 1 aromatic carbocycles. The Hall–Kier alpha value is -1.79. The molecule has 0 unspecified atom stereocenters. The van der Waals surface area contributed by atoms with Gasteiger partial charge in [0, 0.05) is 31.7 Å². The van der Waals surface area contributed by atoms with E-state index in [-0.39, 0.29) is 5.54 Å². The third-order valence-electron chi connectivity index (χ3n) is 4.45. The number of aliphatic imine (C=N–C) groups is 1. The summed E-state index contributed by atoms with van der Waals surface area (Å²) in [6.07, 6.45) is 0. The van der Waals surface area contributed by atoms with Crippen LogP contribution >= 0.6 is 0 Å². The lowest BCUT2D eigenvalue weighted by molar-refractivity contribution is -0.00834. The molecule has 0 atom stereocenters. The van der Waals surface area contributed by atoms with Crippen LogP contribution in [-0.4, -0.2) is 62.9 Å². The average molecular weight is 348 g/mol. The zero-order chi connectivity index (χ0) is 18.1. The van der Waals surface area contributed by atoms with Crippen LogP contribution in [0.15, 0.2) is 29.3 Å². The van der Waals surface area contributed by atoms with Gasteiger partial charge in [0.2, 0.25) is 0 Å². The minimum atomic E-state index is 0.0515. The van der Waals surface area contributed by atoms with Crippen molar-refractivity contribution in [3.05, 3.63) is 29.8 Å². The summed E-state index contributed by atoms with van der Waals surface area (Å²) < 4.78 is 10.7. The van der Waals surface area contributed by atoms with Gasteiger partial charge >= 0.3 is 0 Å². The molecule has 0 aliphatic carbocycles. The molecule has 6 nitrogen and oxygen atoms in total. The second-order valence-corrected chi connectivity index (χ2v) is 6.81. The molecule has 1 aliphatic rings. The monoisotopic (exact) mass is 348 g/mol. The number of morpholine rings is 1. The summed E-state index contributed by atoms with van der Waals surface area (Å²) in [7, 11) is 1.68. The number of benzene rings is 1. The fraction of sp³-hybridized carbons (Fsp3) is 0.632.